The van der Waals surface area contributed by atoms with Crippen molar-refractivity contribution in [2.24, 2.45) is 0 Å². The largest absolute Gasteiger partial charge is 0.480 e. The Morgan fingerprint density at radius 1 is 0.943 bits per heavy atom. The van der Waals surface area contributed by atoms with Crippen LogP contribution in [0.5, 0.6) is 0 Å². The summed E-state index contributed by atoms with van der Waals surface area (Å²) in [6, 6.07) is 13.3. The van der Waals surface area contributed by atoms with E-state index < -0.39 is 36.4 Å². The molecule has 0 aliphatic carbocycles. The number of hydrogen-bond acceptors (Lipinski definition) is 6. The van der Waals surface area contributed by atoms with Crippen molar-refractivity contribution in [3.8, 4) is 0 Å². The third kappa shape index (κ3) is 8.24. The van der Waals surface area contributed by atoms with E-state index in [1.807, 2.05) is 6.07 Å². The Morgan fingerprint density at radius 3 is 2.51 bits per heavy atom. The number of nitrogens with zero attached hydrogens (tertiary/aromatic N) is 2. The van der Waals surface area contributed by atoms with Gasteiger partial charge in [-0.1, -0.05) is 18.2 Å². The number of rotatable bonds is 10. The fourth-order valence-electron chi connectivity index (χ4n) is 3.05. The fraction of sp³-hybridized carbons (Fsp3) is 0.167. The Morgan fingerprint density at radius 2 is 1.80 bits per heavy atom. The highest BCUT2D eigenvalue weighted by atomic mass is 16.4. The molecule has 180 valence electrons. The average molecular weight is 476 g/mol. The molecule has 0 saturated carbocycles. The van der Waals surface area contributed by atoms with Crippen LogP contribution >= 0.6 is 0 Å². The smallest absolute Gasteiger partial charge is 0.326 e. The Bertz CT molecular complexity index is 1170. The SMILES string of the molecule is O=C(CNC(=O)c1cccc(NC(=O)NCc2ccccn2)c1)NC(Cc1cccnc1)C(=O)O. The van der Waals surface area contributed by atoms with Crippen molar-refractivity contribution in [3.05, 3.63) is 90.0 Å². The van der Waals surface area contributed by atoms with Crippen molar-refractivity contribution < 1.29 is 24.3 Å². The van der Waals surface area contributed by atoms with E-state index in [1.165, 1.54) is 18.3 Å². The number of aromatic nitrogens is 2. The molecule has 0 radical (unpaired) electrons. The van der Waals surface area contributed by atoms with Gasteiger partial charge in [0.15, 0.2) is 0 Å². The number of pyridine rings is 2. The lowest BCUT2D eigenvalue weighted by molar-refractivity contribution is -0.141. The number of carbonyl (C=O) groups is 4. The van der Waals surface area contributed by atoms with E-state index >= 15 is 0 Å². The standard InChI is InChI=1S/C24H24N6O5/c31-21(30-20(23(33)34)11-16-5-4-9-25-13-16)15-27-22(32)17-6-3-8-18(12-17)29-24(35)28-14-19-7-1-2-10-26-19/h1-10,12-13,20H,11,14-15H2,(H,27,32)(H,30,31)(H,33,34)(H2,28,29,35). The summed E-state index contributed by atoms with van der Waals surface area (Å²) in [7, 11) is 0. The number of benzene rings is 1. The van der Waals surface area contributed by atoms with Crippen molar-refractivity contribution in [2.45, 2.75) is 19.0 Å². The van der Waals surface area contributed by atoms with Gasteiger partial charge < -0.3 is 26.4 Å². The van der Waals surface area contributed by atoms with Gasteiger partial charge in [0.05, 0.1) is 18.8 Å². The van der Waals surface area contributed by atoms with Crippen LogP contribution in [0, 0.1) is 0 Å². The molecule has 4 amide bonds. The Kier molecular flexibility index (Phi) is 8.83. The predicted molar refractivity (Wildman–Crippen MR) is 126 cm³/mol. The normalized spacial score (nSPS) is 11.1. The lowest BCUT2D eigenvalue weighted by Crippen LogP contribution is -2.46. The number of urea groups is 1. The zero-order valence-corrected chi connectivity index (χ0v) is 18.6. The van der Waals surface area contributed by atoms with E-state index in [9.17, 15) is 24.3 Å². The molecule has 11 nitrogen and oxygen atoms in total. The second-order valence-electron chi connectivity index (χ2n) is 7.42. The van der Waals surface area contributed by atoms with Gasteiger partial charge in [0, 0.05) is 36.3 Å². The maximum Gasteiger partial charge on any atom is 0.326 e. The maximum atomic E-state index is 12.5. The van der Waals surface area contributed by atoms with Crippen LogP contribution < -0.4 is 21.3 Å². The molecular formula is C24H24N6O5. The van der Waals surface area contributed by atoms with Gasteiger partial charge in [0.1, 0.15) is 6.04 Å². The molecule has 2 heterocycles. The summed E-state index contributed by atoms with van der Waals surface area (Å²) in [6.07, 6.45) is 4.76. The first-order valence-electron chi connectivity index (χ1n) is 10.6. The minimum absolute atomic E-state index is 0.0545. The van der Waals surface area contributed by atoms with Crippen LogP contribution in [-0.4, -0.2) is 51.5 Å². The van der Waals surface area contributed by atoms with E-state index in [4.69, 9.17) is 0 Å². The molecule has 0 aliphatic rings. The fourth-order valence-corrected chi connectivity index (χ4v) is 3.05. The lowest BCUT2D eigenvalue weighted by Gasteiger charge is -2.15. The highest BCUT2D eigenvalue weighted by Gasteiger charge is 2.21. The summed E-state index contributed by atoms with van der Waals surface area (Å²) < 4.78 is 0. The quantitative estimate of drug-likeness (QED) is 0.295. The van der Waals surface area contributed by atoms with Crippen molar-refractivity contribution in [2.75, 3.05) is 11.9 Å². The topological polar surface area (TPSA) is 162 Å². The van der Waals surface area contributed by atoms with Crippen molar-refractivity contribution in [3.63, 3.8) is 0 Å². The van der Waals surface area contributed by atoms with Crippen molar-refractivity contribution >= 4 is 29.5 Å². The third-order valence-electron chi connectivity index (χ3n) is 4.74. The monoisotopic (exact) mass is 476 g/mol. The van der Waals surface area contributed by atoms with Crippen LogP contribution in [0.3, 0.4) is 0 Å². The second-order valence-corrected chi connectivity index (χ2v) is 7.42. The number of nitrogens with one attached hydrogen (secondary N) is 4. The highest BCUT2D eigenvalue weighted by molar-refractivity contribution is 5.98. The number of carboxylic acid groups (broad SMARTS) is 1. The minimum atomic E-state index is -1.20. The van der Waals surface area contributed by atoms with E-state index in [-0.39, 0.29) is 18.5 Å². The molecule has 1 unspecified atom stereocenters. The van der Waals surface area contributed by atoms with Crippen LogP contribution in [0.4, 0.5) is 10.5 Å². The molecule has 5 N–H and O–H groups in total. The summed E-state index contributed by atoms with van der Waals surface area (Å²) in [5, 5.41) is 19.5. The number of carboxylic acids is 1. The first kappa shape index (κ1) is 24.8. The average Bonchev–Trinajstić information content (AvgIpc) is 2.87. The van der Waals surface area contributed by atoms with E-state index in [1.54, 1.807) is 48.8 Å². The zero-order chi connectivity index (χ0) is 25.0. The van der Waals surface area contributed by atoms with Crippen LogP contribution in [0.25, 0.3) is 0 Å². The van der Waals surface area contributed by atoms with Gasteiger partial charge in [-0.2, -0.15) is 0 Å². The molecule has 0 fully saturated rings. The molecule has 3 aromatic rings. The Labute approximate surface area is 201 Å². The summed E-state index contributed by atoms with van der Waals surface area (Å²) in [4.78, 5) is 56.3. The second kappa shape index (κ2) is 12.4. The van der Waals surface area contributed by atoms with E-state index in [0.29, 0.717) is 16.9 Å². The van der Waals surface area contributed by atoms with Gasteiger partial charge in [-0.15, -0.1) is 0 Å². The summed E-state index contributed by atoms with van der Waals surface area (Å²) in [5.74, 6) is -2.41. The third-order valence-corrected chi connectivity index (χ3v) is 4.74. The minimum Gasteiger partial charge on any atom is -0.480 e. The number of aliphatic carboxylic acids is 1. The van der Waals surface area contributed by atoms with E-state index in [0.717, 1.165) is 0 Å². The number of anilines is 1. The van der Waals surface area contributed by atoms with Gasteiger partial charge in [0.25, 0.3) is 5.91 Å². The summed E-state index contributed by atoms with van der Waals surface area (Å²) in [5.41, 5.74) is 1.94. The molecule has 2 aromatic heterocycles. The molecule has 0 bridgehead atoms. The first-order chi connectivity index (χ1) is 16.9. The molecule has 11 heteroatoms. The van der Waals surface area contributed by atoms with Gasteiger partial charge >= 0.3 is 12.0 Å². The lowest BCUT2D eigenvalue weighted by atomic mass is 10.1. The number of amides is 4. The van der Waals surface area contributed by atoms with Gasteiger partial charge in [0.2, 0.25) is 5.91 Å². The molecule has 0 spiro atoms. The van der Waals surface area contributed by atoms with Crippen molar-refractivity contribution in [1.82, 2.24) is 25.9 Å². The predicted octanol–water partition coefficient (Wildman–Crippen LogP) is 1.34. The van der Waals surface area contributed by atoms with Crippen LogP contribution in [0.2, 0.25) is 0 Å². The molecule has 3 rings (SSSR count). The molecule has 0 saturated heterocycles. The highest BCUT2D eigenvalue weighted by Crippen LogP contribution is 2.10. The molecular weight excluding hydrogens is 452 g/mol. The van der Waals surface area contributed by atoms with Gasteiger partial charge in [-0.05, 0) is 42.0 Å². The van der Waals surface area contributed by atoms with Crippen LogP contribution in [0.1, 0.15) is 21.6 Å². The van der Waals surface area contributed by atoms with Crippen molar-refractivity contribution in [1.29, 1.82) is 0 Å². The first-order valence-corrected chi connectivity index (χ1v) is 10.6. The molecule has 1 atom stereocenters. The van der Waals surface area contributed by atoms with Gasteiger partial charge in [-0.3, -0.25) is 19.6 Å². The van der Waals surface area contributed by atoms with E-state index in [2.05, 4.69) is 31.2 Å². The molecule has 1 aromatic carbocycles. The maximum absolute atomic E-state index is 12.5. The summed E-state index contributed by atoms with van der Waals surface area (Å²) in [6.45, 7) is -0.183. The Hall–Kier alpha value is -4.80. The van der Waals surface area contributed by atoms with Crippen LogP contribution in [-0.2, 0) is 22.6 Å². The molecule has 35 heavy (non-hydrogen) atoms. The molecule has 0 aliphatic heterocycles. The number of hydrogen-bond donors (Lipinski definition) is 5. The summed E-state index contributed by atoms with van der Waals surface area (Å²) >= 11 is 0. The van der Waals surface area contributed by atoms with Gasteiger partial charge in [-0.25, -0.2) is 9.59 Å². The van der Waals surface area contributed by atoms with Crippen LogP contribution in [0.15, 0.2) is 73.2 Å². The zero-order valence-electron chi connectivity index (χ0n) is 18.6. The Balaban J connectivity index is 1.48. The number of carbonyl (C=O) groups excluding carboxylic acids is 3.